The Morgan fingerprint density at radius 3 is 2.14 bits per heavy atom. The number of rotatable bonds is 7. The summed E-state index contributed by atoms with van der Waals surface area (Å²) in [5.41, 5.74) is 2.17. The van der Waals surface area contributed by atoms with Crippen molar-refractivity contribution in [2.24, 2.45) is 0 Å². The third kappa shape index (κ3) is 6.55. The average molecular weight is 576 g/mol. The lowest BCUT2D eigenvalue weighted by Crippen LogP contribution is -2.19. The second-order valence-electron chi connectivity index (χ2n) is 7.60. The van der Waals surface area contributed by atoms with Gasteiger partial charge in [-0.3, -0.25) is 9.59 Å². The van der Waals surface area contributed by atoms with Gasteiger partial charge in [-0.05, 0) is 60.2 Å². The number of hydrogen-bond donors (Lipinski definition) is 2. The number of thioether (sulfide) groups is 1. The lowest BCUT2D eigenvalue weighted by Gasteiger charge is -2.18. The molecule has 0 bridgehead atoms. The molecule has 9 heteroatoms. The van der Waals surface area contributed by atoms with Crippen LogP contribution in [0.5, 0.6) is 0 Å². The first-order chi connectivity index (χ1) is 17.3. The number of carbonyl (C=O) groups excluding carboxylic acids is 2. The fourth-order valence-corrected chi connectivity index (χ4v) is 5.19. The highest BCUT2D eigenvalue weighted by Crippen LogP contribution is 2.38. The summed E-state index contributed by atoms with van der Waals surface area (Å²) in [5.74, 6) is -0.595. The molecule has 2 N–H and O–H groups in total. The van der Waals surface area contributed by atoms with Crippen LogP contribution in [0, 0.1) is 0 Å². The smallest absolute Gasteiger partial charge is 0.257 e. The summed E-state index contributed by atoms with van der Waals surface area (Å²) in [5, 5.41) is 6.49. The number of amides is 2. The van der Waals surface area contributed by atoms with E-state index in [2.05, 4.69) is 10.6 Å². The number of carbonyl (C=O) groups is 2. The van der Waals surface area contributed by atoms with E-state index >= 15 is 0 Å². The SMILES string of the molecule is O=C(Nc1ccc(SC(C(=O)Nc2cccc(Cl)c2Cl)c2ccccc2)cc1)c1ccc(Cl)cc1Cl. The largest absolute Gasteiger partial charge is 0.323 e. The van der Waals surface area contributed by atoms with Crippen molar-refractivity contribution < 1.29 is 9.59 Å². The molecule has 4 nitrogen and oxygen atoms in total. The maximum Gasteiger partial charge on any atom is 0.257 e. The van der Waals surface area contributed by atoms with E-state index in [-0.39, 0.29) is 21.9 Å². The molecule has 0 saturated heterocycles. The van der Waals surface area contributed by atoms with Crippen molar-refractivity contribution >= 4 is 81.4 Å². The van der Waals surface area contributed by atoms with Crippen LogP contribution in [0.15, 0.2) is 95.9 Å². The molecule has 0 saturated carbocycles. The maximum absolute atomic E-state index is 13.3. The van der Waals surface area contributed by atoms with Crippen molar-refractivity contribution in [3.63, 3.8) is 0 Å². The summed E-state index contributed by atoms with van der Waals surface area (Å²) in [7, 11) is 0. The summed E-state index contributed by atoms with van der Waals surface area (Å²) in [6.45, 7) is 0. The number of nitrogens with one attached hydrogen (secondary N) is 2. The molecule has 1 atom stereocenters. The molecule has 0 radical (unpaired) electrons. The Morgan fingerprint density at radius 2 is 1.44 bits per heavy atom. The van der Waals surface area contributed by atoms with E-state index < -0.39 is 5.25 Å². The van der Waals surface area contributed by atoms with Crippen LogP contribution < -0.4 is 10.6 Å². The molecule has 1 unspecified atom stereocenters. The third-order valence-corrected chi connectivity index (χ3v) is 7.72. The van der Waals surface area contributed by atoms with E-state index in [4.69, 9.17) is 46.4 Å². The van der Waals surface area contributed by atoms with Crippen molar-refractivity contribution in [3.05, 3.63) is 122 Å². The molecule has 0 aliphatic rings. The molecule has 36 heavy (non-hydrogen) atoms. The molecule has 0 aromatic heterocycles. The standard InChI is InChI=1S/C27H18Cl4N2O2S/c28-17-9-14-20(22(30)15-17)26(34)32-18-10-12-19(13-11-18)36-25(16-5-2-1-3-6-16)27(35)33-23-8-4-7-21(29)24(23)31/h1-15,25H,(H,32,34)(H,33,35). The van der Waals surface area contributed by atoms with Crippen molar-refractivity contribution in [1.29, 1.82) is 0 Å². The quantitative estimate of drug-likeness (QED) is 0.216. The van der Waals surface area contributed by atoms with Gasteiger partial charge < -0.3 is 10.6 Å². The summed E-state index contributed by atoms with van der Waals surface area (Å²) >= 11 is 25.8. The van der Waals surface area contributed by atoms with Crippen LogP contribution in [0.2, 0.25) is 20.1 Å². The number of hydrogen-bond acceptors (Lipinski definition) is 3. The van der Waals surface area contributed by atoms with Crippen LogP contribution in [-0.4, -0.2) is 11.8 Å². The minimum atomic E-state index is -0.561. The minimum Gasteiger partial charge on any atom is -0.323 e. The van der Waals surface area contributed by atoms with E-state index in [1.165, 1.54) is 17.8 Å². The lowest BCUT2D eigenvalue weighted by molar-refractivity contribution is -0.115. The first kappa shape index (κ1) is 26.4. The van der Waals surface area contributed by atoms with Gasteiger partial charge in [0.15, 0.2) is 0 Å². The van der Waals surface area contributed by atoms with Crippen molar-refractivity contribution in [2.75, 3.05) is 10.6 Å². The van der Waals surface area contributed by atoms with Crippen molar-refractivity contribution in [3.8, 4) is 0 Å². The topological polar surface area (TPSA) is 58.2 Å². The molecule has 0 aliphatic heterocycles. The fraction of sp³-hybridized carbons (Fsp3) is 0.0370. The molecule has 4 rings (SSSR count). The Bertz CT molecular complexity index is 1400. The van der Waals surface area contributed by atoms with Crippen molar-refractivity contribution in [1.82, 2.24) is 0 Å². The highest BCUT2D eigenvalue weighted by atomic mass is 35.5. The molecular weight excluding hydrogens is 558 g/mol. The van der Waals surface area contributed by atoms with E-state index in [0.717, 1.165) is 10.5 Å². The molecule has 0 heterocycles. The zero-order chi connectivity index (χ0) is 25.7. The third-order valence-electron chi connectivity index (χ3n) is 5.09. The Labute approximate surface area is 232 Å². The molecule has 4 aromatic rings. The molecule has 0 fully saturated rings. The van der Waals surface area contributed by atoms with Crippen LogP contribution in [0.4, 0.5) is 11.4 Å². The molecular formula is C27H18Cl4N2O2S. The highest BCUT2D eigenvalue weighted by molar-refractivity contribution is 8.00. The Hall–Kier alpha value is -2.67. The predicted molar refractivity (Wildman–Crippen MR) is 151 cm³/mol. The van der Waals surface area contributed by atoms with E-state index in [9.17, 15) is 9.59 Å². The maximum atomic E-state index is 13.3. The monoisotopic (exact) mass is 574 g/mol. The van der Waals surface area contributed by atoms with Gasteiger partial charge in [0.2, 0.25) is 5.91 Å². The van der Waals surface area contributed by atoms with Gasteiger partial charge in [-0.25, -0.2) is 0 Å². The Balaban J connectivity index is 1.51. The van der Waals surface area contributed by atoms with Gasteiger partial charge in [0.1, 0.15) is 5.25 Å². The van der Waals surface area contributed by atoms with Gasteiger partial charge in [-0.1, -0.05) is 82.8 Å². The van der Waals surface area contributed by atoms with Gasteiger partial charge in [0.05, 0.1) is 26.3 Å². The Kier molecular flexibility index (Phi) is 8.83. The van der Waals surface area contributed by atoms with Gasteiger partial charge in [0.25, 0.3) is 5.91 Å². The number of anilines is 2. The van der Waals surface area contributed by atoms with Crippen LogP contribution >= 0.6 is 58.2 Å². The summed E-state index contributed by atoms with van der Waals surface area (Å²) in [6.07, 6.45) is 0. The summed E-state index contributed by atoms with van der Waals surface area (Å²) in [4.78, 5) is 26.7. The van der Waals surface area contributed by atoms with Gasteiger partial charge in [-0.2, -0.15) is 0 Å². The number of halogens is 4. The molecule has 182 valence electrons. The second-order valence-corrected chi connectivity index (χ2v) is 10.4. The zero-order valence-corrected chi connectivity index (χ0v) is 22.3. The van der Waals surface area contributed by atoms with Crippen LogP contribution in [0.25, 0.3) is 0 Å². The van der Waals surface area contributed by atoms with Crippen molar-refractivity contribution in [2.45, 2.75) is 10.1 Å². The normalized spacial score (nSPS) is 11.6. The summed E-state index contributed by atoms with van der Waals surface area (Å²) < 4.78 is 0. The van der Waals surface area contributed by atoms with Crippen LogP contribution in [0.3, 0.4) is 0 Å². The van der Waals surface area contributed by atoms with Gasteiger partial charge in [-0.15, -0.1) is 11.8 Å². The van der Waals surface area contributed by atoms with Gasteiger partial charge in [0, 0.05) is 15.6 Å². The van der Waals surface area contributed by atoms with Gasteiger partial charge >= 0.3 is 0 Å². The Morgan fingerprint density at radius 1 is 0.722 bits per heavy atom. The fourth-order valence-electron chi connectivity index (χ4n) is 3.32. The van der Waals surface area contributed by atoms with E-state index in [1.54, 1.807) is 42.5 Å². The first-order valence-electron chi connectivity index (χ1n) is 10.6. The molecule has 0 spiro atoms. The molecule has 2 amide bonds. The molecule has 0 aliphatic carbocycles. The first-order valence-corrected chi connectivity index (χ1v) is 13.0. The van der Waals surface area contributed by atoms with E-state index in [0.29, 0.717) is 27.0 Å². The minimum absolute atomic E-state index is 0.245. The number of benzene rings is 4. The second kappa shape index (κ2) is 12.0. The van der Waals surface area contributed by atoms with Crippen LogP contribution in [0.1, 0.15) is 21.2 Å². The van der Waals surface area contributed by atoms with Crippen LogP contribution in [-0.2, 0) is 4.79 Å². The van der Waals surface area contributed by atoms with E-state index in [1.807, 2.05) is 42.5 Å². The highest BCUT2D eigenvalue weighted by Gasteiger charge is 2.23. The molecule has 4 aromatic carbocycles. The summed E-state index contributed by atoms with van der Waals surface area (Å²) in [6, 6.07) is 26.4. The zero-order valence-electron chi connectivity index (χ0n) is 18.5. The average Bonchev–Trinajstić information content (AvgIpc) is 2.86. The lowest BCUT2D eigenvalue weighted by atomic mass is 10.1. The predicted octanol–water partition coefficient (Wildman–Crippen LogP) is 9.02.